The Morgan fingerprint density at radius 2 is 1.83 bits per heavy atom. The fourth-order valence-corrected chi connectivity index (χ4v) is 4.72. The molecule has 3 aromatic rings. The Morgan fingerprint density at radius 1 is 1.10 bits per heavy atom. The Morgan fingerprint density at radius 3 is 2.57 bits per heavy atom. The fourth-order valence-electron chi connectivity index (χ4n) is 4.36. The number of halogens is 3. The van der Waals surface area contributed by atoms with E-state index < -0.39 is 0 Å². The van der Waals surface area contributed by atoms with Crippen LogP contribution in [0.5, 0.6) is 0 Å². The maximum Gasteiger partial charge on any atom is 0.165 e. The van der Waals surface area contributed by atoms with E-state index >= 15 is 0 Å². The maximum atomic E-state index is 12.9. The molecule has 1 aromatic heterocycles. The lowest BCUT2D eigenvalue weighted by atomic mass is 9.90. The Labute approximate surface area is 194 Å². The summed E-state index contributed by atoms with van der Waals surface area (Å²) < 4.78 is 2.01. The third-order valence-corrected chi connectivity index (χ3v) is 6.69. The first-order valence-electron chi connectivity index (χ1n) is 10.2. The minimum Gasteiger partial charge on any atom is -0.350 e. The van der Waals surface area contributed by atoms with Gasteiger partial charge in [0, 0.05) is 52.7 Å². The number of aryl methyl sites for hydroxylation is 1. The van der Waals surface area contributed by atoms with Gasteiger partial charge in [-0.2, -0.15) is 0 Å². The van der Waals surface area contributed by atoms with Gasteiger partial charge in [0.2, 0.25) is 0 Å². The van der Waals surface area contributed by atoms with Crippen LogP contribution in [0.15, 0.2) is 48.7 Å². The number of ketones is 1. The summed E-state index contributed by atoms with van der Waals surface area (Å²) in [7, 11) is 1.97. The molecule has 6 heteroatoms. The topological polar surface area (TPSA) is 25.2 Å². The molecule has 1 fully saturated rings. The first-order chi connectivity index (χ1) is 14.0. The quantitative estimate of drug-likeness (QED) is 0.375. The summed E-state index contributed by atoms with van der Waals surface area (Å²) in [5, 5.41) is 2.47. The van der Waals surface area contributed by atoms with E-state index in [2.05, 4.69) is 11.0 Å². The van der Waals surface area contributed by atoms with Gasteiger partial charge >= 0.3 is 0 Å². The highest BCUT2D eigenvalue weighted by Gasteiger charge is 2.22. The van der Waals surface area contributed by atoms with E-state index in [4.69, 9.17) is 23.2 Å². The minimum absolute atomic E-state index is 0. The number of hydrogen-bond donors (Lipinski definition) is 0. The van der Waals surface area contributed by atoms with Crippen LogP contribution in [0.3, 0.4) is 0 Å². The molecule has 0 atom stereocenters. The number of piperidine rings is 1. The largest absolute Gasteiger partial charge is 0.350 e. The van der Waals surface area contributed by atoms with Gasteiger partial charge in [-0.25, -0.2) is 0 Å². The van der Waals surface area contributed by atoms with Crippen LogP contribution in [0, 0.1) is 5.92 Å². The summed E-state index contributed by atoms with van der Waals surface area (Å²) in [6.45, 7) is 3.03. The van der Waals surface area contributed by atoms with Crippen LogP contribution >= 0.6 is 35.6 Å². The Balaban J connectivity index is 0.00000256. The first-order valence-corrected chi connectivity index (χ1v) is 11.0. The van der Waals surface area contributed by atoms with Crippen molar-refractivity contribution in [1.29, 1.82) is 0 Å². The van der Waals surface area contributed by atoms with Crippen molar-refractivity contribution in [3.05, 3.63) is 69.8 Å². The summed E-state index contributed by atoms with van der Waals surface area (Å²) in [5.74, 6) is 0.830. The second-order valence-corrected chi connectivity index (χ2v) is 8.93. The van der Waals surface area contributed by atoms with Crippen LogP contribution in [0.4, 0.5) is 0 Å². The van der Waals surface area contributed by atoms with Crippen LogP contribution in [-0.2, 0) is 13.6 Å². The predicted molar refractivity (Wildman–Crippen MR) is 128 cm³/mol. The van der Waals surface area contributed by atoms with E-state index in [0.29, 0.717) is 17.4 Å². The highest BCUT2D eigenvalue weighted by atomic mass is 35.5. The van der Waals surface area contributed by atoms with Gasteiger partial charge in [-0.1, -0.05) is 41.4 Å². The number of carbonyl (C=O) groups is 1. The molecule has 0 aliphatic carbocycles. The zero-order valence-corrected chi connectivity index (χ0v) is 19.4. The lowest BCUT2D eigenvalue weighted by Gasteiger charge is -2.32. The van der Waals surface area contributed by atoms with Crippen LogP contribution in [-0.4, -0.2) is 28.3 Å². The van der Waals surface area contributed by atoms with Gasteiger partial charge in [0.25, 0.3) is 0 Å². The molecule has 0 amide bonds. The number of hydrogen-bond acceptors (Lipinski definition) is 2. The van der Waals surface area contributed by atoms with Gasteiger partial charge in [-0.15, -0.1) is 12.4 Å². The number of nitrogens with zero attached hydrogens (tertiary/aromatic N) is 2. The van der Waals surface area contributed by atoms with E-state index in [1.54, 1.807) is 0 Å². The SMILES string of the molecule is Cl.Cn1cc(C(=O)CCC2CCN(Cc3ccccc3Cl)CC2)c2cc(Cl)ccc21. The molecule has 30 heavy (non-hydrogen) atoms. The third kappa shape index (κ3) is 5.20. The molecule has 160 valence electrons. The Bertz CT molecular complexity index is 1020. The van der Waals surface area contributed by atoms with Crippen molar-refractivity contribution in [3.8, 4) is 0 Å². The number of likely N-dealkylation sites (tertiary alicyclic amines) is 1. The summed E-state index contributed by atoms with van der Waals surface area (Å²) in [6.07, 6.45) is 5.77. The smallest absolute Gasteiger partial charge is 0.165 e. The average Bonchev–Trinajstić information content (AvgIpc) is 3.05. The lowest BCUT2D eigenvalue weighted by Crippen LogP contribution is -2.33. The highest BCUT2D eigenvalue weighted by molar-refractivity contribution is 6.31. The van der Waals surface area contributed by atoms with Crippen molar-refractivity contribution >= 4 is 52.3 Å². The van der Waals surface area contributed by atoms with E-state index in [-0.39, 0.29) is 18.2 Å². The fraction of sp³-hybridized carbons (Fsp3) is 0.375. The van der Waals surface area contributed by atoms with Crippen LogP contribution in [0.1, 0.15) is 41.6 Å². The number of aromatic nitrogens is 1. The van der Waals surface area contributed by atoms with Gasteiger partial charge in [0.05, 0.1) is 0 Å². The van der Waals surface area contributed by atoms with Gasteiger partial charge in [-0.05, 0) is 68.1 Å². The molecule has 3 nitrogen and oxygen atoms in total. The van der Waals surface area contributed by atoms with Crippen molar-refractivity contribution in [3.63, 3.8) is 0 Å². The van der Waals surface area contributed by atoms with E-state index in [0.717, 1.165) is 60.4 Å². The van der Waals surface area contributed by atoms with Crippen LogP contribution < -0.4 is 0 Å². The molecule has 2 aromatic carbocycles. The molecular formula is C24H27Cl3N2O. The van der Waals surface area contributed by atoms with E-state index in [1.165, 1.54) is 5.56 Å². The number of benzene rings is 2. The molecule has 1 saturated heterocycles. The van der Waals surface area contributed by atoms with Crippen molar-refractivity contribution in [2.75, 3.05) is 13.1 Å². The molecule has 0 unspecified atom stereocenters. The summed E-state index contributed by atoms with van der Waals surface area (Å²) >= 11 is 12.4. The van der Waals surface area contributed by atoms with E-state index in [1.807, 2.05) is 54.2 Å². The molecule has 0 saturated carbocycles. The zero-order chi connectivity index (χ0) is 20.4. The highest BCUT2D eigenvalue weighted by Crippen LogP contribution is 2.28. The third-order valence-electron chi connectivity index (χ3n) is 6.09. The molecule has 1 aliphatic rings. The Kier molecular flexibility index (Phi) is 7.86. The zero-order valence-electron chi connectivity index (χ0n) is 17.1. The van der Waals surface area contributed by atoms with Gasteiger partial charge in [0.15, 0.2) is 5.78 Å². The van der Waals surface area contributed by atoms with Gasteiger partial charge in [-0.3, -0.25) is 9.69 Å². The predicted octanol–water partition coefficient (Wildman–Crippen LogP) is 6.78. The molecule has 4 rings (SSSR count). The average molecular weight is 466 g/mol. The number of rotatable bonds is 6. The van der Waals surface area contributed by atoms with Crippen molar-refractivity contribution in [2.45, 2.75) is 32.2 Å². The molecule has 2 heterocycles. The van der Waals surface area contributed by atoms with Crippen molar-refractivity contribution in [2.24, 2.45) is 13.0 Å². The van der Waals surface area contributed by atoms with Gasteiger partial charge < -0.3 is 4.57 Å². The van der Waals surface area contributed by atoms with Crippen LogP contribution in [0.2, 0.25) is 10.0 Å². The molecular weight excluding hydrogens is 439 g/mol. The van der Waals surface area contributed by atoms with Crippen molar-refractivity contribution in [1.82, 2.24) is 9.47 Å². The van der Waals surface area contributed by atoms with Gasteiger partial charge in [0.1, 0.15) is 0 Å². The summed E-state index contributed by atoms with van der Waals surface area (Å²) in [6, 6.07) is 13.8. The number of fused-ring (bicyclic) bond motifs is 1. The molecule has 1 aliphatic heterocycles. The second-order valence-electron chi connectivity index (χ2n) is 8.09. The minimum atomic E-state index is 0. The second kappa shape index (κ2) is 10.2. The normalized spacial score (nSPS) is 15.3. The Hall–Kier alpha value is -1.52. The monoisotopic (exact) mass is 464 g/mol. The maximum absolute atomic E-state index is 12.9. The molecule has 0 radical (unpaired) electrons. The van der Waals surface area contributed by atoms with Crippen LogP contribution in [0.25, 0.3) is 10.9 Å². The molecule has 0 N–H and O–H groups in total. The standard InChI is InChI=1S/C24H26Cl2N2O.ClH/c1-27-16-21(20-14-19(25)7-8-23(20)27)24(29)9-6-17-10-12-28(13-11-17)15-18-4-2-3-5-22(18)26;/h2-5,7-8,14,16-17H,6,9-13,15H2,1H3;1H. The van der Waals surface area contributed by atoms with Crippen molar-refractivity contribution < 1.29 is 4.79 Å². The summed E-state index contributed by atoms with van der Waals surface area (Å²) in [5.41, 5.74) is 3.03. The van der Waals surface area contributed by atoms with E-state index in [9.17, 15) is 4.79 Å². The first kappa shape index (κ1) is 23.1. The molecule has 0 bridgehead atoms. The molecule has 0 spiro atoms. The number of carbonyl (C=O) groups excluding carboxylic acids is 1. The lowest BCUT2D eigenvalue weighted by molar-refractivity contribution is 0.0963. The summed E-state index contributed by atoms with van der Waals surface area (Å²) in [4.78, 5) is 15.4. The number of Topliss-reactive ketones (excluding diaryl/α,β-unsaturated/α-hetero) is 1.